The summed E-state index contributed by atoms with van der Waals surface area (Å²) in [4.78, 5) is 7.09. The van der Waals surface area contributed by atoms with Gasteiger partial charge in [-0.25, -0.2) is 8.42 Å². The third kappa shape index (κ3) is 8.51. The van der Waals surface area contributed by atoms with Crippen molar-refractivity contribution in [3.05, 3.63) is 29.8 Å². The molecule has 1 aliphatic rings. The topological polar surface area (TPSA) is 77.0 Å². The van der Waals surface area contributed by atoms with Gasteiger partial charge in [0.2, 0.25) is 10.0 Å². The average Bonchev–Trinajstić information content (AvgIpc) is 2.73. The van der Waals surface area contributed by atoms with Crippen LogP contribution in [0.4, 0.5) is 0 Å². The molecule has 1 fully saturated rings. The number of hydrogen-bond donors (Lipinski definition) is 2. The minimum absolute atomic E-state index is 0. The van der Waals surface area contributed by atoms with Crippen molar-refractivity contribution in [1.29, 1.82) is 0 Å². The summed E-state index contributed by atoms with van der Waals surface area (Å²) in [6.07, 6.45) is 3.00. The summed E-state index contributed by atoms with van der Waals surface area (Å²) in [6, 6.07) is 8.16. The Morgan fingerprint density at radius 1 is 1.03 bits per heavy atom. The Balaban J connectivity index is 0.00000480. The van der Waals surface area contributed by atoms with E-state index in [0.717, 1.165) is 43.9 Å². The monoisotopic (exact) mass is 565 g/mol. The second kappa shape index (κ2) is 13.6. The molecule has 178 valence electrons. The molecular weight excluding hydrogens is 525 g/mol. The van der Waals surface area contributed by atoms with Gasteiger partial charge >= 0.3 is 0 Å². The molecule has 7 nitrogen and oxygen atoms in total. The van der Waals surface area contributed by atoms with E-state index in [4.69, 9.17) is 0 Å². The van der Waals surface area contributed by atoms with Gasteiger partial charge in [-0.05, 0) is 58.2 Å². The summed E-state index contributed by atoms with van der Waals surface area (Å²) in [6.45, 7) is 12.4. The number of benzene rings is 1. The second-order valence-corrected chi connectivity index (χ2v) is 10.3. The van der Waals surface area contributed by atoms with Gasteiger partial charge in [0.05, 0.1) is 4.90 Å². The Morgan fingerprint density at radius 2 is 1.61 bits per heavy atom. The van der Waals surface area contributed by atoms with Crippen LogP contribution >= 0.6 is 24.0 Å². The molecule has 0 radical (unpaired) electrons. The summed E-state index contributed by atoms with van der Waals surface area (Å²) in [5, 5.41) is 6.65. The zero-order valence-electron chi connectivity index (χ0n) is 19.6. The molecule has 1 aromatic carbocycles. The molecular formula is C22H40IN5O2S. The third-order valence-electron chi connectivity index (χ3n) is 5.55. The molecule has 1 aliphatic heterocycles. The summed E-state index contributed by atoms with van der Waals surface area (Å²) in [5.41, 5.74) is 1.02. The van der Waals surface area contributed by atoms with Crippen molar-refractivity contribution in [3.63, 3.8) is 0 Å². The maximum absolute atomic E-state index is 12.8. The fourth-order valence-electron chi connectivity index (χ4n) is 3.86. The predicted octanol–water partition coefficient (Wildman–Crippen LogP) is 3.26. The molecule has 31 heavy (non-hydrogen) atoms. The molecule has 0 atom stereocenters. The molecule has 0 aliphatic carbocycles. The highest BCUT2D eigenvalue weighted by molar-refractivity contribution is 14.0. The number of nitrogens with zero attached hydrogens (tertiary/aromatic N) is 3. The predicted molar refractivity (Wildman–Crippen MR) is 140 cm³/mol. The number of sulfonamides is 1. The number of nitrogens with one attached hydrogen (secondary N) is 2. The molecule has 1 aromatic rings. The molecule has 1 heterocycles. The SMILES string of the molecule is CN=C(NCCN(C(C)C)C(C)C)NCc1ccc(S(=O)(=O)N2CCCCC2)cc1.I. The van der Waals surface area contributed by atoms with E-state index in [0.29, 0.717) is 36.6 Å². The molecule has 0 amide bonds. The van der Waals surface area contributed by atoms with E-state index in [9.17, 15) is 8.42 Å². The molecule has 9 heteroatoms. The lowest BCUT2D eigenvalue weighted by Gasteiger charge is -2.30. The third-order valence-corrected chi connectivity index (χ3v) is 7.46. The lowest BCUT2D eigenvalue weighted by Crippen LogP contribution is -2.45. The van der Waals surface area contributed by atoms with Crippen LogP contribution in [-0.2, 0) is 16.6 Å². The first kappa shape index (κ1) is 28.1. The highest BCUT2D eigenvalue weighted by Gasteiger charge is 2.25. The van der Waals surface area contributed by atoms with Gasteiger partial charge in [0, 0.05) is 51.9 Å². The van der Waals surface area contributed by atoms with E-state index in [1.165, 1.54) is 0 Å². The minimum Gasteiger partial charge on any atom is -0.355 e. The van der Waals surface area contributed by atoms with Crippen LogP contribution in [0.2, 0.25) is 0 Å². The maximum atomic E-state index is 12.8. The summed E-state index contributed by atoms with van der Waals surface area (Å²) in [7, 11) is -1.62. The van der Waals surface area contributed by atoms with Gasteiger partial charge < -0.3 is 10.6 Å². The zero-order valence-corrected chi connectivity index (χ0v) is 22.7. The Kier molecular flexibility index (Phi) is 12.3. The van der Waals surface area contributed by atoms with Crippen LogP contribution in [0.1, 0.15) is 52.5 Å². The Hall–Kier alpha value is -0.910. The highest BCUT2D eigenvalue weighted by atomic mass is 127. The van der Waals surface area contributed by atoms with Gasteiger partial charge in [-0.15, -0.1) is 24.0 Å². The van der Waals surface area contributed by atoms with Crippen molar-refractivity contribution in [2.24, 2.45) is 4.99 Å². The summed E-state index contributed by atoms with van der Waals surface area (Å²) < 4.78 is 27.1. The van der Waals surface area contributed by atoms with Crippen LogP contribution in [0, 0.1) is 0 Å². The number of guanidine groups is 1. The van der Waals surface area contributed by atoms with Gasteiger partial charge in [-0.2, -0.15) is 4.31 Å². The summed E-state index contributed by atoms with van der Waals surface area (Å²) >= 11 is 0. The van der Waals surface area contributed by atoms with Gasteiger partial charge in [0.25, 0.3) is 0 Å². The molecule has 1 saturated heterocycles. The van der Waals surface area contributed by atoms with Crippen molar-refractivity contribution >= 4 is 40.0 Å². The van der Waals surface area contributed by atoms with Crippen molar-refractivity contribution in [2.75, 3.05) is 33.2 Å². The first-order valence-electron chi connectivity index (χ1n) is 11.0. The largest absolute Gasteiger partial charge is 0.355 e. The highest BCUT2D eigenvalue weighted by Crippen LogP contribution is 2.20. The molecule has 0 bridgehead atoms. The van der Waals surface area contributed by atoms with Gasteiger partial charge in [-0.1, -0.05) is 18.6 Å². The van der Waals surface area contributed by atoms with Crippen molar-refractivity contribution in [3.8, 4) is 0 Å². The second-order valence-electron chi connectivity index (χ2n) is 8.39. The Labute approximate surface area is 206 Å². The van der Waals surface area contributed by atoms with Gasteiger partial charge in [-0.3, -0.25) is 9.89 Å². The van der Waals surface area contributed by atoms with Gasteiger partial charge in [0.1, 0.15) is 0 Å². The normalized spacial score (nSPS) is 15.9. The zero-order chi connectivity index (χ0) is 22.1. The van der Waals surface area contributed by atoms with Crippen LogP contribution in [0.15, 0.2) is 34.2 Å². The van der Waals surface area contributed by atoms with Crippen LogP contribution in [0.5, 0.6) is 0 Å². The molecule has 2 rings (SSSR count). The van der Waals surface area contributed by atoms with Crippen molar-refractivity contribution in [1.82, 2.24) is 19.8 Å². The van der Waals surface area contributed by atoms with Crippen molar-refractivity contribution < 1.29 is 8.42 Å². The fraction of sp³-hybridized carbons (Fsp3) is 0.682. The standard InChI is InChI=1S/C22H39N5O2S.HI/c1-18(2)27(19(3)4)16-13-24-22(23-5)25-17-20-9-11-21(12-10-20)30(28,29)26-14-7-6-8-15-26;/h9-12,18-19H,6-8,13-17H2,1-5H3,(H2,23,24,25);1H. The smallest absolute Gasteiger partial charge is 0.243 e. The lowest BCUT2D eigenvalue weighted by molar-refractivity contribution is 0.178. The van der Waals surface area contributed by atoms with Crippen LogP contribution in [0.25, 0.3) is 0 Å². The first-order chi connectivity index (χ1) is 14.3. The fourth-order valence-corrected chi connectivity index (χ4v) is 5.37. The van der Waals surface area contributed by atoms with E-state index < -0.39 is 10.0 Å². The quantitative estimate of drug-likeness (QED) is 0.273. The minimum atomic E-state index is -3.38. The summed E-state index contributed by atoms with van der Waals surface area (Å²) in [5.74, 6) is 0.743. The van der Waals surface area contributed by atoms with E-state index in [1.807, 2.05) is 12.1 Å². The first-order valence-corrected chi connectivity index (χ1v) is 12.5. The van der Waals surface area contributed by atoms with Crippen LogP contribution < -0.4 is 10.6 Å². The number of halogens is 1. The van der Waals surface area contributed by atoms with E-state index in [1.54, 1.807) is 23.5 Å². The van der Waals surface area contributed by atoms with Gasteiger partial charge in [0.15, 0.2) is 5.96 Å². The molecule has 0 aromatic heterocycles. The van der Waals surface area contributed by atoms with E-state index in [-0.39, 0.29) is 24.0 Å². The molecule has 0 spiro atoms. The molecule has 0 saturated carbocycles. The Morgan fingerprint density at radius 3 is 2.13 bits per heavy atom. The van der Waals surface area contributed by atoms with E-state index in [2.05, 4.69) is 48.2 Å². The maximum Gasteiger partial charge on any atom is 0.243 e. The molecule has 0 unspecified atom stereocenters. The van der Waals surface area contributed by atoms with Crippen LogP contribution in [-0.4, -0.2) is 68.9 Å². The van der Waals surface area contributed by atoms with E-state index >= 15 is 0 Å². The van der Waals surface area contributed by atoms with Crippen LogP contribution in [0.3, 0.4) is 0 Å². The Bertz CT molecular complexity index is 768. The average molecular weight is 566 g/mol. The number of hydrogen-bond acceptors (Lipinski definition) is 4. The number of aliphatic imine (C=N–C) groups is 1. The number of rotatable bonds is 9. The lowest BCUT2D eigenvalue weighted by atomic mass is 10.2. The molecule has 2 N–H and O–H groups in total. The number of piperidine rings is 1. The van der Waals surface area contributed by atoms with Crippen molar-refractivity contribution in [2.45, 2.75) is 70.5 Å².